The number of nitrogens with one attached hydrogen (secondary N) is 2. The van der Waals surface area contributed by atoms with E-state index < -0.39 is 22.1 Å². The second-order valence-corrected chi connectivity index (χ2v) is 10.4. The number of thiazole rings is 1. The van der Waals surface area contributed by atoms with Gasteiger partial charge in [-0.1, -0.05) is 0 Å². The molecule has 4 aromatic rings. The van der Waals surface area contributed by atoms with Crippen LogP contribution < -0.4 is 19.5 Å². The Morgan fingerprint density at radius 1 is 1.16 bits per heavy atom. The molecule has 0 aliphatic carbocycles. The van der Waals surface area contributed by atoms with Crippen molar-refractivity contribution in [2.45, 2.75) is 17.3 Å². The summed E-state index contributed by atoms with van der Waals surface area (Å²) in [5, 5.41) is 18.6. The van der Waals surface area contributed by atoms with Gasteiger partial charge in [-0.15, -0.1) is 24.5 Å². The summed E-state index contributed by atoms with van der Waals surface area (Å²) in [6.45, 7) is 1.26. The number of alkyl halides is 3. The molecule has 0 bridgehead atoms. The average molecular weight is 563 g/mol. The standard InChI is InChI=1S/C23H17F3N6O4S2/c24-23(25,26)36-16-1-3-21(18(8-16)19-5-6-30-32(19)15-10-28-11-15)35-20-4-2-17(7-14(20)9-27)38(33,34)31-22-12-37-13-29-22/h1-8,12-13,15,28,31H,10-11H2. The molecular formula is C23H17F3N6O4S2. The minimum Gasteiger partial charge on any atom is -0.455 e. The molecule has 0 spiro atoms. The Hall–Kier alpha value is -4.13. The van der Waals surface area contributed by atoms with Crippen LogP contribution in [0.2, 0.25) is 0 Å². The third kappa shape index (κ3) is 5.42. The lowest BCUT2D eigenvalue weighted by Crippen LogP contribution is -2.44. The first kappa shape index (κ1) is 25.5. The number of nitrogens with zero attached hydrogens (tertiary/aromatic N) is 4. The predicted octanol–water partition coefficient (Wildman–Crippen LogP) is 4.51. The summed E-state index contributed by atoms with van der Waals surface area (Å²) in [5.41, 5.74) is 2.07. The van der Waals surface area contributed by atoms with Gasteiger partial charge in [-0.3, -0.25) is 9.40 Å². The molecule has 196 valence electrons. The van der Waals surface area contributed by atoms with Crippen LogP contribution in [-0.2, 0) is 10.0 Å². The van der Waals surface area contributed by atoms with Gasteiger partial charge in [0.1, 0.15) is 23.3 Å². The van der Waals surface area contributed by atoms with Gasteiger partial charge in [0.25, 0.3) is 10.0 Å². The van der Waals surface area contributed by atoms with Crippen molar-refractivity contribution in [3.8, 4) is 34.6 Å². The monoisotopic (exact) mass is 562 g/mol. The number of halogens is 3. The van der Waals surface area contributed by atoms with Crippen LogP contribution in [0.15, 0.2) is 64.4 Å². The molecule has 0 radical (unpaired) electrons. The van der Waals surface area contributed by atoms with Crippen molar-refractivity contribution in [2.75, 3.05) is 17.8 Å². The quantitative estimate of drug-likeness (QED) is 0.321. The van der Waals surface area contributed by atoms with Crippen LogP contribution in [0.4, 0.5) is 19.0 Å². The van der Waals surface area contributed by atoms with Gasteiger partial charge in [-0.25, -0.2) is 13.4 Å². The van der Waals surface area contributed by atoms with Crippen LogP contribution in [0.1, 0.15) is 11.6 Å². The Labute approximate surface area is 218 Å². The van der Waals surface area contributed by atoms with E-state index in [-0.39, 0.29) is 39.4 Å². The van der Waals surface area contributed by atoms with Crippen LogP contribution >= 0.6 is 11.3 Å². The summed E-state index contributed by atoms with van der Waals surface area (Å²) >= 11 is 1.21. The third-order valence-electron chi connectivity index (χ3n) is 5.51. The highest BCUT2D eigenvalue weighted by molar-refractivity contribution is 7.92. The number of hydrogen-bond acceptors (Lipinski definition) is 9. The molecule has 0 saturated carbocycles. The van der Waals surface area contributed by atoms with Crippen LogP contribution in [0, 0.1) is 11.3 Å². The van der Waals surface area contributed by atoms with Gasteiger partial charge in [0.15, 0.2) is 5.82 Å². The minimum atomic E-state index is -4.90. The number of sulfonamides is 1. The van der Waals surface area contributed by atoms with Crippen molar-refractivity contribution in [3.05, 3.63) is 65.1 Å². The molecule has 1 aliphatic rings. The maximum atomic E-state index is 12.9. The van der Waals surface area contributed by atoms with Crippen molar-refractivity contribution >= 4 is 27.2 Å². The van der Waals surface area contributed by atoms with Crippen molar-refractivity contribution in [3.63, 3.8) is 0 Å². The lowest BCUT2D eigenvalue weighted by Gasteiger charge is -2.29. The maximum Gasteiger partial charge on any atom is 0.573 e. The summed E-state index contributed by atoms with van der Waals surface area (Å²) in [4.78, 5) is 3.69. The van der Waals surface area contributed by atoms with E-state index in [2.05, 4.69) is 24.9 Å². The topological polar surface area (TPSA) is 131 Å². The van der Waals surface area contributed by atoms with Crippen molar-refractivity contribution in [1.82, 2.24) is 20.1 Å². The number of hydrogen-bond donors (Lipinski definition) is 2. The number of benzene rings is 2. The lowest BCUT2D eigenvalue weighted by molar-refractivity contribution is -0.274. The van der Waals surface area contributed by atoms with E-state index in [1.54, 1.807) is 10.7 Å². The highest BCUT2D eigenvalue weighted by Crippen LogP contribution is 2.39. The van der Waals surface area contributed by atoms with Crippen LogP contribution in [0.3, 0.4) is 0 Å². The Kier molecular flexibility index (Phi) is 6.69. The van der Waals surface area contributed by atoms with Gasteiger partial charge < -0.3 is 14.8 Å². The Morgan fingerprint density at radius 2 is 1.95 bits per heavy atom. The molecule has 0 amide bonds. The normalized spacial score (nSPS) is 13.9. The van der Waals surface area contributed by atoms with E-state index in [0.717, 1.165) is 12.1 Å². The number of ether oxygens (including phenoxy) is 2. The molecule has 2 aromatic carbocycles. The van der Waals surface area contributed by atoms with Crippen molar-refractivity contribution in [2.24, 2.45) is 0 Å². The van der Waals surface area contributed by atoms with E-state index in [1.807, 2.05) is 6.07 Å². The van der Waals surface area contributed by atoms with Gasteiger partial charge in [-0.2, -0.15) is 10.4 Å². The predicted molar refractivity (Wildman–Crippen MR) is 130 cm³/mol. The molecule has 1 aliphatic heterocycles. The molecule has 38 heavy (non-hydrogen) atoms. The van der Waals surface area contributed by atoms with Gasteiger partial charge in [0, 0.05) is 30.2 Å². The van der Waals surface area contributed by atoms with E-state index in [9.17, 15) is 26.9 Å². The Morgan fingerprint density at radius 3 is 2.61 bits per heavy atom. The average Bonchev–Trinajstić information content (AvgIpc) is 3.50. The molecule has 3 heterocycles. The molecular weight excluding hydrogens is 545 g/mol. The largest absolute Gasteiger partial charge is 0.573 e. The fraction of sp³-hybridized carbons (Fsp3) is 0.174. The molecule has 1 fully saturated rings. The van der Waals surface area contributed by atoms with Crippen LogP contribution in [0.5, 0.6) is 17.2 Å². The maximum absolute atomic E-state index is 12.9. The molecule has 15 heteroatoms. The number of aromatic nitrogens is 3. The molecule has 0 atom stereocenters. The van der Waals surface area contributed by atoms with E-state index in [1.165, 1.54) is 52.7 Å². The molecule has 10 nitrogen and oxygen atoms in total. The van der Waals surface area contributed by atoms with Crippen LogP contribution in [-0.4, -0.2) is 42.6 Å². The van der Waals surface area contributed by atoms with E-state index in [0.29, 0.717) is 18.8 Å². The number of rotatable bonds is 8. The summed E-state index contributed by atoms with van der Waals surface area (Å²) < 4.78 is 78.2. The second-order valence-electron chi connectivity index (χ2n) is 8.03. The summed E-state index contributed by atoms with van der Waals surface area (Å²) in [7, 11) is -4.04. The van der Waals surface area contributed by atoms with E-state index in [4.69, 9.17) is 4.74 Å². The minimum absolute atomic E-state index is 0.00206. The molecule has 2 N–H and O–H groups in total. The van der Waals surface area contributed by atoms with Gasteiger partial charge in [0.2, 0.25) is 0 Å². The fourth-order valence-electron chi connectivity index (χ4n) is 3.69. The van der Waals surface area contributed by atoms with Crippen molar-refractivity contribution in [1.29, 1.82) is 5.26 Å². The summed E-state index contributed by atoms with van der Waals surface area (Å²) in [5.74, 6) is -0.212. The Balaban J connectivity index is 1.51. The summed E-state index contributed by atoms with van der Waals surface area (Å²) in [6, 6.07) is 10.7. The molecule has 5 rings (SSSR count). The first-order chi connectivity index (χ1) is 18.1. The van der Waals surface area contributed by atoms with Crippen LogP contribution in [0.25, 0.3) is 11.3 Å². The SMILES string of the molecule is N#Cc1cc(S(=O)(=O)Nc2cscn2)ccc1Oc1ccc(OC(F)(F)F)cc1-c1ccnn1C1CNC1. The zero-order valence-corrected chi connectivity index (χ0v) is 20.8. The smallest absolute Gasteiger partial charge is 0.455 e. The van der Waals surface area contributed by atoms with Gasteiger partial charge in [-0.05, 0) is 42.5 Å². The number of nitriles is 1. The number of anilines is 1. The molecule has 0 unspecified atom stereocenters. The first-order valence-corrected chi connectivity index (χ1v) is 13.3. The summed E-state index contributed by atoms with van der Waals surface area (Å²) in [6.07, 6.45) is -3.38. The molecule has 1 saturated heterocycles. The first-order valence-electron chi connectivity index (χ1n) is 10.9. The fourth-order valence-corrected chi connectivity index (χ4v) is 5.27. The van der Waals surface area contributed by atoms with Gasteiger partial charge in [0.05, 0.1) is 27.7 Å². The second kappa shape index (κ2) is 9.97. The van der Waals surface area contributed by atoms with Crippen molar-refractivity contribution < 1.29 is 31.1 Å². The van der Waals surface area contributed by atoms with Gasteiger partial charge >= 0.3 is 6.36 Å². The zero-order valence-electron chi connectivity index (χ0n) is 19.1. The molecule has 2 aromatic heterocycles. The lowest BCUT2D eigenvalue weighted by atomic mass is 10.1. The highest BCUT2D eigenvalue weighted by Gasteiger charge is 2.32. The highest BCUT2D eigenvalue weighted by atomic mass is 32.2. The Bertz CT molecular complexity index is 1610. The van der Waals surface area contributed by atoms with E-state index >= 15 is 0 Å². The third-order valence-corrected chi connectivity index (χ3v) is 7.45. The zero-order chi connectivity index (χ0) is 26.9.